The summed E-state index contributed by atoms with van der Waals surface area (Å²) < 4.78 is 10.8. The van der Waals surface area contributed by atoms with Crippen LogP contribution in [0.3, 0.4) is 0 Å². The van der Waals surface area contributed by atoms with Gasteiger partial charge in [0.2, 0.25) is 5.91 Å². The zero-order valence-electron chi connectivity index (χ0n) is 17.7. The molecule has 2 rings (SSSR count). The van der Waals surface area contributed by atoms with Crippen LogP contribution < -0.4 is 20.5 Å². The maximum atomic E-state index is 11.3. The van der Waals surface area contributed by atoms with Crippen molar-refractivity contribution in [3.63, 3.8) is 0 Å². The number of carbonyl (C=O) groups excluding carboxylic acids is 1. The van der Waals surface area contributed by atoms with Gasteiger partial charge in [0.25, 0.3) is 0 Å². The third kappa shape index (κ3) is 5.53. The van der Waals surface area contributed by atoms with Gasteiger partial charge in [-0.05, 0) is 36.5 Å². The average molecular weight is 391 g/mol. The molecule has 1 atom stereocenters. The van der Waals surface area contributed by atoms with Gasteiger partial charge in [-0.3, -0.25) is 9.79 Å². The lowest BCUT2D eigenvalue weighted by molar-refractivity contribution is -0.119. The summed E-state index contributed by atoms with van der Waals surface area (Å²) in [6.45, 7) is 6.82. The summed E-state index contributed by atoms with van der Waals surface area (Å²) in [5.41, 5.74) is 6.39. The molecule has 28 heavy (non-hydrogen) atoms. The Balaban J connectivity index is 2.04. The fraction of sp³-hybridized carbons (Fsp3) is 0.619. The number of ether oxygens (including phenoxy) is 2. The van der Waals surface area contributed by atoms with Crippen LogP contribution in [0.25, 0.3) is 0 Å². The van der Waals surface area contributed by atoms with Crippen LogP contribution >= 0.6 is 0 Å². The number of aliphatic imine (C=N–C) groups is 1. The molecule has 0 bridgehead atoms. The van der Waals surface area contributed by atoms with E-state index in [-0.39, 0.29) is 11.3 Å². The Bertz CT molecular complexity index is 703. The summed E-state index contributed by atoms with van der Waals surface area (Å²) in [7, 11) is 5.08. The SMILES string of the molecule is CN=C(NCC(C)(C)c1ccc(OC)c(OC)c1)N1CCCC(CC(N)=O)C1. The van der Waals surface area contributed by atoms with Gasteiger partial charge in [0.15, 0.2) is 17.5 Å². The van der Waals surface area contributed by atoms with Crippen molar-refractivity contribution < 1.29 is 14.3 Å². The molecule has 1 unspecified atom stereocenters. The van der Waals surface area contributed by atoms with Crippen molar-refractivity contribution in [1.29, 1.82) is 0 Å². The molecule has 156 valence electrons. The van der Waals surface area contributed by atoms with Gasteiger partial charge >= 0.3 is 0 Å². The van der Waals surface area contributed by atoms with Gasteiger partial charge in [0.05, 0.1) is 14.2 Å². The maximum absolute atomic E-state index is 11.3. The summed E-state index contributed by atoms with van der Waals surface area (Å²) in [6.07, 6.45) is 2.51. The highest BCUT2D eigenvalue weighted by Crippen LogP contribution is 2.33. The molecule has 0 aromatic heterocycles. The Morgan fingerprint density at radius 3 is 2.64 bits per heavy atom. The first-order valence-corrected chi connectivity index (χ1v) is 9.77. The number of nitrogens with zero attached hydrogens (tertiary/aromatic N) is 2. The highest BCUT2D eigenvalue weighted by atomic mass is 16.5. The van der Waals surface area contributed by atoms with E-state index in [0.29, 0.717) is 18.9 Å². The Labute approximate surface area is 168 Å². The van der Waals surface area contributed by atoms with E-state index in [9.17, 15) is 4.79 Å². The van der Waals surface area contributed by atoms with E-state index in [2.05, 4.69) is 35.1 Å². The molecule has 1 heterocycles. The molecule has 7 nitrogen and oxygen atoms in total. The number of carbonyl (C=O) groups is 1. The maximum Gasteiger partial charge on any atom is 0.217 e. The molecule has 1 aromatic carbocycles. The van der Waals surface area contributed by atoms with Gasteiger partial charge in [0, 0.05) is 38.5 Å². The number of amides is 1. The van der Waals surface area contributed by atoms with Crippen molar-refractivity contribution in [2.75, 3.05) is 40.9 Å². The Kier molecular flexibility index (Phi) is 7.54. The van der Waals surface area contributed by atoms with Crippen LogP contribution in [-0.4, -0.2) is 57.7 Å². The Morgan fingerprint density at radius 1 is 1.32 bits per heavy atom. The molecular formula is C21H34N4O3. The van der Waals surface area contributed by atoms with Crippen LogP contribution in [-0.2, 0) is 10.2 Å². The smallest absolute Gasteiger partial charge is 0.217 e. The molecule has 0 saturated carbocycles. The minimum Gasteiger partial charge on any atom is -0.493 e. The lowest BCUT2D eigenvalue weighted by atomic mass is 9.84. The van der Waals surface area contributed by atoms with Gasteiger partial charge in [-0.25, -0.2) is 0 Å². The number of nitrogens with two attached hydrogens (primary N) is 1. The number of rotatable bonds is 7. The molecule has 0 aliphatic carbocycles. The number of guanidine groups is 1. The zero-order valence-corrected chi connectivity index (χ0v) is 17.7. The van der Waals surface area contributed by atoms with Gasteiger partial charge in [-0.15, -0.1) is 0 Å². The molecule has 1 aliphatic heterocycles. The number of nitrogens with one attached hydrogen (secondary N) is 1. The number of likely N-dealkylation sites (tertiary alicyclic amines) is 1. The van der Waals surface area contributed by atoms with Crippen molar-refractivity contribution in [2.45, 2.75) is 38.5 Å². The van der Waals surface area contributed by atoms with Crippen LogP contribution in [0.4, 0.5) is 0 Å². The summed E-state index contributed by atoms with van der Waals surface area (Å²) in [4.78, 5) is 17.9. The van der Waals surface area contributed by atoms with Crippen molar-refractivity contribution in [2.24, 2.45) is 16.6 Å². The number of hydrogen-bond acceptors (Lipinski definition) is 4. The number of piperidine rings is 1. The molecule has 3 N–H and O–H groups in total. The van der Waals surface area contributed by atoms with Crippen LogP contribution in [0.2, 0.25) is 0 Å². The lowest BCUT2D eigenvalue weighted by Crippen LogP contribution is -2.49. The van der Waals surface area contributed by atoms with E-state index >= 15 is 0 Å². The number of benzene rings is 1. The van der Waals surface area contributed by atoms with E-state index in [0.717, 1.165) is 49.0 Å². The van der Waals surface area contributed by atoms with Gasteiger partial charge < -0.3 is 25.4 Å². The van der Waals surface area contributed by atoms with Gasteiger partial charge in [-0.2, -0.15) is 0 Å². The van der Waals surface area contributed by atoms with E-state index < -0.39 is 0 Å². The largest absolute Gasteiger partial charge is 0.493 e. The minimum absolute atomic E-state index is 0.141. The van der Waals surface area contributed by atoms with E-state index in [1.165, 1.54) is 0 Å². The molecule has 1 amide bonds. The summed E-state index contributed by atoms with van der Waals surface area (Å²) in [5, 5.41) is 3.51. The summed E-state index contributed by atoms with van der Waals surface area (Å²) in [6, 6.07) is 6.02. The van der Waals surface area contributed by atoms with Crippen molar-refractivity contribution in [3.05, 3.63) is 23.8 Å². The first-order chi connectivity index (χ1) is 13.3. The van der Waals surface area contributed by atoms with Crippen molar-refractivity contribution in [1.82, 2.24) is 10.2 Å². The second-order valence-corrected chi connectivity index (χ2v) is 7.98. The number of primary amides is 1. The van der Waals surface area contributed by atoms with Crippen LogP contribution in [0, 0.1) is 5.92 Å². The molecule has 1 aliphatic rings. The van der Waals surface area contributed by atoms with E-state index in [4.69, 9.17) is 15.2 Å². The quantitative estimate of drug-likeness (QED) is 0.550. The predicted molar refractivity (Wildman–Crippen MR) is 112 cm³/mol. The van der Waals surface area contributed by atoms with Crippen LogP contribution in [0.1, 0.15) is 38.7 Å². The minimum atomic E-state index is -0.232. The second-order valence-electron chi connectivity index (χ2n) is 7.98. The molecule has 1 saturated heterocycles. The first kappa shape index (κ1) is 21.9. The van der Waals surface area contributed by atoms with Crippen LogP contribution in [0.15, 0.2) is 23.2 Å². The monoisotopic (exact) mass is 390 g/mol. The first-order valence-electron chi connectivity index (χ1n) is 9.77. The standard InChI is InChI=1S/C21H34N4O3/c1-21(2,16-8-9-17(27-4)18(12-16)28-5)14-24-20(23-3)25-10-6-7-15(13-25)11-19(22)26/h8-9,12,15H,6-7,10-11,13-14H2,1-5H3,(H2,22,26)(H,23,24). The fourth-order valence-corrected chi connectivity index (χ4v) is 3.70. The normalized spacial score (nSPS) is 18.0. The third-order valence-electron chi connectivity index (χ3n) is 5.37. The number of hydrogen-bond donors (Lipinski definition) is 2. The van der Waals surface area contributed by atoms with Crippen LogP contribution in [0.5, 0.6) is 11.5 Å². The van der Waals surface area contributed by atoms with E-state index in [1.54, 1.807) is 21.3 Å². The predicted octanol–water partition coefficient (Wildman–Crippen LogP) is 2.14. The third-order valence-corrected chi connectivity index (χ3v) is 5.37. The molecular weight excluding hydrogens is 356 g/mol. The van der Waals surface area contributed by atoms with Crippen molar-refractivity contribution in [3.8, 4) is 11.5 Å². The molecule has 7 heteroatoms. The van der Waals surface area contributed by atoms with Gasteiger partial charge in [-0.1, -0.05) is 19.9 Å². The molecule has 1 fully saturated rings. The zero-order chi connectivity index (χ0) is 20.7. The highest BCUT2D eigenvalue weighted by Gasteiger charge is 2.26. The van der Waals surface area contributed by atoms with Gasteiger partial charge in [0.1, 0.15) is 0 Å². The molecule has 1 aromatic rings. The Hall–Kier alpha value is -2.44. The molecule has 0 radical (unpaired) electrons. The highest BCUT2D eigenvalue weighted by molar-refractivity contribution is 5.80. The topological polar surface area (TPSA) is 89.2 Å². The summed E-state index contributed by atoms with van der Waals surface area (Å²) >= 11 is 0. The van der Waals surface area contributed by atoms with E-state index in [1.807, 2.05) is 12.1 Å². The second kappa shape index (κ2) is 9.66. The lowest BCUT2D eigenvalue weighted by Gasteiger charge is -2.36. The molecule has 0 spiro atoms. The van der Waals surface area contributed by atoms with Crippen molar-refractivity contribution >= 4 is 11.9 Å². The Morgan fingerprint density at radius 2 is 2.04 bits per heavy atom. The average Bonchev–Trinajstić information content (AvgIpc) is 2.67. The fourth-order valence-electron chi connectivity index (χ4n) is 3.70. The number of methoxy groups -OCH3 is 2. The summed E-state index contributed by atoms with van der Waals surface area (Å²) in [5.74, 6) is 2.37.